The summed E-state index contributed by atoms with van der Waals surface area (Å²) in [4.78, 5) is 6.33. The third-order valence-corrected chi connectivity index (χ3v) is 2.73. The van der Waals surface area contributed by atoms with E-state index in [0.717, 1.165) is 0 Å². The average Bonchev–Trinajstić information content (AvgIpc) is 2.58. The number of imidazole rings is 1. The molecule has 1 aromatic carbocycles. The van der Waals surface area contributed by atoms with Crippen LogP contribution in [0.15, 0.2) is 23.4 Å². The summed E-state index contributed by atoms with van der Waals surface area (Å²) in [5.74, 6) is -2.94. The molecule has 0 saturated heterocycles. The third kappa shape index (κ3) is 1.82. The summed E-state index contributed by atoms with van der Waals surface area (Å²) in [6.07, 6.45) is 0. The Labute approximate surface area is 86.0 Å². The molecule has 4 nitrogen and oxygen atoms in total. The van der Waals surface area contributed by atoms with Crippen molar-refractivity contribution in [1.82, 2.24) is 9.97 Å². The molecule has 2 aromatic rings. The summed E-state index contributed by atoms with van der Waals surface area (Å²) in [5, 5.41) is -0.231. The van der Waals surface area contributed by atoms with E-state index in [2.05, 4.69) is 9.97 Å². The zero-order chi connectivity index (χ0) is 11.0. The second-order valence-corrected chi connectivity index (χ2v) is 4.21. The van der Waals surface area contributed by atoms with Gasteiger partial charge in [0, 0.05) is 5.69 Å². The predicted octanol–water partition coefficient (Wildman–Crippen LogP) is 1.48. The molecule has 1 aromatic heterocycles. The van der Waals surface area contributed by atoms with E-state index in [1.165, 1.54) is 0 Å². The molecule has 2 rings (SSSR count). The lowest BCUT2D eigenvalue weighted by molar-refractivity contribution is 0.243. The summed E-state index contributed by atoms with van der Waals surface area (Å²) < 4.78 is 35.3. The Bertz CT molecular complexity index is 526. The highest BCUT2D eigenvalue weighted by Crippen LogP contribution is 2.18. The second kappa shape index (κ2) is 3.58. The van der Waals surface area contributed by atoms with Gasteiger partial charge in [0.1, 0.15) is 0 Å². The van der Waals surface area contributed by atoms with Gasteiger partial charge in [-0.25, -0.2) is 9.19 Å². The van der Waals surface area contributed by atoms with Gasteiger partial charge in [-0.05, 0) is 18.2 Å². The molecule has 15 heavy (non-hydrogen) atoms. The molecule has 0 saturated carbocycles. The molecule has 0 radical (unpaired) electrons. The number of fused-ring (bicyclic) bond motifs is 1. The molecule has 0 bridgehead atoms. The van der Waals surface area contributed by atoms with Crippen LogP contribution in [-0.2, 0) is 10.8 Å². The monoisotopic (exact) mass is 231 g/mol. The van der Waals surface area contributed by atoms with Crippen LogP contribution < -0.4 is 5.73 Å². The Hall–Kier alpha value is -1.50. The number of H-pyrrole nitrogens is 1. The van der Waals surface area contributed by atoms with Gasteiger partial charge in [-0.15, -0.1) is 0 Å². The smallest absolute Gasteiger partial charge is 0.319 e. The van der Waals surface area contributed by atoms with Crippen LogP contribution in [0.3, 0.4) is 0 Å². The number of hydrogen-bond donors (Lipinski definition) is 2. The number of nitrogen functional groups attached to an aromatic ring is 1. The standard InChI is InChI=1S/C8H7F2N3OS/c9-7(10)15(14)8-12-5-2-1-4(11)3-6(5)13-8/h1-3,7H,11H2,(H,12,13). The van der Waals surface area contributed by atoms with E-state index >= 15 is 0 Å². The molecule has 0 spiro atoms. The van der Waals surface area contributed by atoms with E-state index in [-0.39, 0.29) is 5.16 Å². The van der Waals surface area contributed by atoms with Crippen molar-refractivity contribution in [2.75, 3.05) is 5.73 Å². The van der Waals surface area contributed by atoms with E-state index in [1.54, 1.807) is 18.2 Å². The molecular weight excluding hydrogens is 224 g/mol. The zero-order valence-electron chi connectivity index (χ0n) is 7.41. The first-order valence-corrected chi connectivity index (χ1v) is 5.23. The van der Waals surface area contributed by atoms with Crippen molar-refractivity contribution in [3.63, 3.8) is 0 Å². The number of aromatic amines is 1. The number of aromatic nitrogens is 2. The van der Waals surface area contributed by atoms with Gasteiger partial charge in [-0.2, -0.15) is 8.78 Å². The van der Waals surface area contributed by atoms with Gasteiger partial charge in [0.25, 0.3) is 0 Å². The molecule has 0 amide bonds. The van der Waals surface area contributed by atoms with E-state index in [1.807, 2.05) is 0 Å². The fourth-order valence-electron chi connectivity index (χ4n) is 1.18. The van der Waals surface area contributed by atoms with Crippen molar-refractivity contribution in [1.29, 1.82) is 0 Å². The largest absolute Gasteiger partial charge is 0.399 e. The van der Waals surface area contributed by atoms with Gasteiger partial charge in [0.15, 0.2) is 10.8 Å². The third-order valence-electron chi connectivity index (χ3n) is 1.84. The number of rotatable bonds is 2. The van der Waals surface area contributed by atoms with Crippen LogP contribution in [0.1, 0.15) is 0 Å². The van der Waals surface area contributed by atoms with Gasteiger partial charge >= 0.3 is 5.76 Å². The molecule has 1 heterocycles. The average molecular weight is 231 g/mol. The minimum Gasteiger partial charge on any atom is -0.399 e. The van der Waals surface area contributed by atoms with Gasteiger partial charge in [0.2, 0.25) is 5.16 Å². The highest BCUT2D eigenvalue weighted by Gasteiger charge is 2.19. The molecule has 0 aliphatic carbocycles. The summed E-state index contributed by atoms with van der Waals surface area (Å²) in [7, 11) is -2.42. The number of alkyl halides is 2. The summed E-state index contributed by atoms with van der Waals surface area (Å²) in [6.45, 7) is 0. The second-order valence-electron chi connectivity index (χ2n) is 2.88. The topological polar surface area (TPSA) is 71.8 Å². The quantitative estimate of drug-likeness (QED) is 0.769. The normalized spacial score (nSPS) is 13.5. The van der Waals surface area contributed by atoms with E-state index < -0.39 is 16.6 Å². The van der Waals surface area contributed by atoms with E-state index in [4.69, 9.17) is 5.73 Å². The number of anilines is 1. The van der Waals surface area contributed by atoms with Crippen LogP contribution in [0.5, 0.6) is 0 Å². The van der Waals surface area contributed by atoms with Gasteiger partial charge in [0.05, 0.1) is 11.0 Å². The van der Waals surface area contributed by atoms with Crippen LogP contribution in [0.2, 0.25) is 0 Å². The van der Waals surface area contributed by atoms with Gasteiger partial charge in [-0.3, -0.25) is 0 Å². The van der Waals surface area contributed by atoms with E-state index in [0.29, 0.717) is 16.7 Å². The van der Waals surface area contributed by atoms with Crippen LogP contribution in [0.25, 0.3) is 11.0 Å². The van der Waals surface area contributed by atoms with Gasteiger partial charge < -0.3 is 10.7 Å². The Balaban J connectivity index is 2.52. The summed E-state index contributed by atoms with van der Waals surface area (Å²) in [6, 6.07) is 4.72. The van der Waals surface area contributed by atoms with Crippen molar-refractivity contribution in [2.24, 2.45) is 0 Å². The van der Waals surface area contributed by atoms with Crippen molar-refractivity contribution < 1.29 is 13.0 Å². The lowest BCUT2D eigenvalue weighted by Crippen LogP contribution is -2.04. The van der Waals surface area contributed by atoms with Crippen molar-refractivity contribution in [3.8, 4) is 0 Å². The Morgan fingerprint density at radius 2 is 2.20 bits per heavy atom. The predicted molar refractivity (Wildman–Crippen MR) is 52.9 cm³/mol. The first-order chi connectivity index (χ1) is 7.08. The molecule has 0 fully saturated rings. The van der Waals surface area contributed by atoms with Crippen molar-refractivity contribution >= 4 is 27.5 Å². The van der Waals surface area contributed by atoms with Crippen LogP contribution in [-0.4, -0.2) is 19.9 Å². The SMILES string of the molecule is Nc1ccc2nc(S(=O)C(F)F)[nH]c2c1. The highest BCUT2D eigenvalue weighted by molar-refractivity contribution is 7.85. The van der Waals surface area contributed by atoms with Crippen LogP contribution >= 0.6 is 0 Å². The lowest BCUT2D eigenvalue weighted by atomic mass is 10.3. The molecule has 0 aliphatic rings. The first kappa shape index (κ1) is 10.0. The lowest BCUT2D eigenvalue weighted by Gasteiger charge is -1.93. The number of halogens is 2. The zero-order valence-corrected chi connectivity index (χ0v) is 8.22. The molecule has 1 atom stereocenters. The fraction of sp³-hybridized carbons (Fsp3) is 0.125. The molecule has 0 aliphatic heterocycles. The molecular formula is C8H7F2N3OS. The Morgan fingerprint density at radius 3 is 2.87 bits per heavy atom. The molecule has 1 unspecified atom stereocenters. The Kier molecular flexibility index (Phi) is 2.39. The molecule has 80 valence electrons. The molecule has 7 heteroatoms. The Morgan fingerprint density at radius 1 is 1.47 bits per heavy atom. The van der Waals surface area contributed by atoms with Crippen molar-refractivity contribution in [2.45, 2.75) is 10.9 Å². The number of nitrogens with two attached hydrogens (primary N) is 1. The minimum atomic E-state index is -2.94. The number of nitrogens with zero attached hydrogens (tertiary/aromatic N) is 1. The maximum absolute atomic E-state index is 12.1. The maximum Gasteiger partial charge on any atom is 0.319 e. The molecule has 3 N–H and O–H groups in total. The number of benzene rings is 1. The number of hydrogen-bond acceptors (Lipinski definition) is 3. The summed E-state index contributed by atoms with van der Waals surface area (Å²) >= 11 is 0. The minimum absolute atomic E-state index is 0.231. The fourth-order valence-corrected chi connectivity index (χ4v) is 1.75. The first-order valence-electron chi connectivity index (χ1n) is 4.02. The highest BCUT2D eigenvalue weighted by atomic mass is 32.2. The van der Waals surface area contributed by atoms with E-state index in [9.17, 15) is 13.0 Å². The van der Waals surface area contributed by atoms with Crippen LogP contribution in [0.4, 0.5) is 14.5 Å². The van der Waals surface area contributed by atoms with Crippen LogP contribution in [0, 0.1) is 0 Å². The summed E-state index contributed by atoms with van der Waals surface area (Å²) in [5.41, 5.74) is 6.95. The number of nitrogens with one attached hydrogen (secondary N) is 1. The van der Waals surface area contributed by atoms with Crippen molar-refractivity contribution in [3.05, 3.63) is 18.2 Å². The van der Waals surface area contributed by atoms with Gasteiger partial charge in [-0.1, -0.05) is 0 Å². The maximum atomic E-state index is 12.1.